The van der Waals surface area contributed by atoms with Crippen LogP contribution in [-0.4, -0.2) is 36.6 Å². The van der Waals surface area contributed by atoms with Crippen LogP contribution in [0, 0.1) is 12.3 Å². The molecule has 8 heteroatoms. The normalized spacial score (nSPS) is 24.4. The lowest BCUT2D eigenvalue weighted by molar-refractivity contribution is -0.118. The van der Waals surface area contributed by atoms with Gasteiger partial charge in [0.1, 0.15) is 18.1 Å². The largest absolute Gasteiger partial charge is 0.490 e. The summed E-state index contributed by atoms with van der Waals surface area (Å²) < 4.78 is 12.0. The number of aliphatic hydroxyl groups is 1. The van der Waals surface area contributed by atoms with Crippen molar-refractivity contribution in [1.29, 1.82) is 0 Å². The fourth-order valence-electron chi connectivity index (χ4n) is 5.96. The minimum absolute atomic E-state index is 0.0508. The molecule has 3 aliphatic rings. The maximum Gasteiger partial charge on any atom is 0.244 e. The van der Waals surface area contributed by atoms with E-state index in [4.69, 9.17) is 39.1 Å². The lowest BCUT2D eigenvalue weighted by Crippen LogP contribution is -2.54. The molecule has 3 atom stereocenters. The Morgan fingerprint density at radius 1 is 1.03 bits per heavy atom. The van der Waals surface area contributed by atoms with E-state index in [1.54, 1.807) is 24.3 Å². The van der Waals surface area contributed by atoms with Crippen LogP contribution in [0.15, 0.2) is 66.7 Å². The number of terminal acetylenes is 1. The zero-order chi connectivity index (χ0) is 27.1. The number of halogens is 2. The summed E-state index contributed by atoms with van der Waals surface area (Å²) in [4.78, 5) is 13.3. The van der Waals surface area contributed by atoms with Crippen LogP contribution in [0.3, 0.4) is 0 Å². The van der Waals surface area contributed by atoms with Gasteiger partial charge in [0.25, 0.3) is 0 Å². The molecule has 0 radical (unpaired) electrons. The molecular weight excluding hydrogens is 535 g/mol. The molecule has 0 bridgehead atoms. The molecule has 39 heavy (non-hydrogen) atoms. The molecule has 3 heterocycles. The average molecular weight is 561 g/mol. The summed E-state index contributed by atoms with van der Waals surface area (Å²) in [5.41, 5.74) is 2.90. The highest BCUT2D eigenvalue weighted by molar-refractivity contribution is 6.31. The standard InChI is InChI=1S/C31H26Cl2N2O4/c1-2-18-6-9-27(39-22-10-12-38-13-11-22)23(14-18)29-31(24-8-7-21(33)16-26(24)34-30(31)37)25(17-28(36)35-29)19-4-3-5-20(32)15-19/h1,3-9,14-17,22,29-30,34,37H,10-13H2,(H,35,36)/t29-,30?,31-/m0/s1. The number of fused-ring (bicyclic) bond motifs is 2. The zero-order valence-electron chi connectivity index (χ0n) is 20.9. The molecule has 1 saturated heterocycles. The number of hydrogen-bond acceptors (Lipinski definition) is 5. The van der Waals surface area contributed by atoms with Crippen LogP contribution >= 0.6 is 23.2 Å². The lowest BCUT2D eigenvalue weighted by atomic mass is 9.63. The average Bonchev–Trinajstić information content (AvgIpc) is 3.21. The summed E-state index contributed by atoms with van der Waals surface area (Å²) in [7, 11) is 0. The van der Waals surface area contributed by atoms with Gasteiger partial charge in [0.05, 0.1) is 24.7 Å². The van der Waals surface area contributed by atoms with E-state index < -0.39 is 17.7 Å². The van der Waals surface area contributed by atoms with Crippen molar-refractivity contribution < 1.29 is 19.4 Å². The minimum atomic E-state index is -1.17. The third-order valence-electron chi connectivity index (χ3n) is 7.70. The summed E-state index contributed by atoms with van der Waals surface area (Å²) in [5, 5.41) is 19.3. The van der Waals surface area contributed by atoms with Gasteiger partial charge in [-0.05, 0) is 59.2 Å². The second-order valence-electron chi connectivity index (χ2n) is 9.94. The van der Waals surface area contributed by atoms with E-state index in [1.807, 2.05) is 36.4 Å². The number of hydrogen-bond donors (Lipinski definition) is 3. The van der Waals surface area contributed by atoms with Crippen LogP contribution in [0.25, 0.3) is 5.57 Å². The molecule has 0 saturated carbocycles. The molecule has 1 unspecified atom stereocenters. The van der Waals surface area contributed by atoms with Gasteiger partial charge in [0.15, 0.2) is 0 Å². The van der Waals surface area contributed by atoms with E-state index in [0.29, 0.717) is 57.0 Å². The first-order valence-electron chi connectivity index (χ1n) is 12.8. The second-order valence-corrected chi connectivity index (χ2v) is 10.8. The van der Waals surface area contributed by atoms with Gasteiger partial charge < -0.3 is 25.2 Å². The predicted octanol–water partition coefficient (Wildman–Crippen LogP) is 5.47. The van der Waals surface area contributed by atoms with Gasteiger partial charge in [-0.3, -0.25) is 4.79 Å². The summed E-state index contributed by atoms with van der Waals surface area (Å²) in [5.74, 6) is 2.98. The SMILES string of the molecule is C#Cc1ccc(OC2CCOCC2)c([C@@H]2NC(=O)C=C(c3cccc(Cl)c3)[C@@]23c2ccc(Cl)cc2NC3O)c1. The Balaban J connectivity index is 1.60. The molecule has 6 rings (SSSR count). The van der Waals surface area contributed by atoms with Gasteiger partial charge in [-0.25, -0.2) is 0 Å². The summed E-state index contributed by atoms with van der Waals surface area (Å²) in [6.45, 7) is 1.23. The molecule has 198 valence electrons. The maximum atomic E-state index is 13.3. The van der Waals surface area contributed by atoms with E-state index in [0.717, 1.165) is 18.4 Å². The van der Waals surface area contributed by atoms with Crippen LogP contribution in [-0.2, 0) is 14.9 Å². The highest BCUT2D eigenvalue weighted by Gasteiger charge is 2.58. The van der Waals surface area contributed by atoms with Crippen molar-refractivity contribution in [2.24, 2.45) is 0 Å². The van der Waals surface area contributed by atoms with Crippen LogP contribution in [0.5, 0.6) is 5.75 Å². The highest BCUT2D eigenvalue weighted by Crippen LogP contribution is 2.58. The Labute approximate surface area is 236 Å². The van der Waals surface area contributed by atoms with Crippen molar-refractivity contribution in [3.05, 3.63) is 99.0 Å². The van der Waals surface area contributed by atoms with Crippen LogP contribution in [0.4, 0.5) is 5.69 Å². The van der Waals surface area contributed by atoms with Gasteiger partial charge >= 0.3 is 0 Å². The van der Waals surface area contributed by atoms with Gasteiger partial charge in [-0.1, -0.05) is 47.3 Å². The molecule has 6 nitrogen and oxygen atoms in total. The van der Waals surface area contributed by atoms with Crippen molar-refractivity contribution >= 4 is 40.4 Å². The Hall–Kier alpha value is -3.47. The first-order chi connectivity index (χ1) is 18.9. The first kappa shape index (κ1) is 25.8. The van der Waals surface area contributed by atoms with Crippen LogP contribution in [0.2, 0.25) is 10.0 Å². The van der Waals surface area contributed by atoms with Gasteiger partial charge in [0, 0.05) is 45.8 Å². The van der Waals surface area contributed by atoms with Crippen molar-refractivity contribution in [1.82, 2.24) is 5.32 Å². The first-order valence-corrected chi connectivity index (χ1v) is 13.5. The van der Waals surface area contributed by atoms with E-state index in [1.165, 1.54) is 6.08 Å². The third kappa shape index (κ3) is 4.46. The monoisotopic (exact) mass is 560 g/mol. The molecular formula is C31H26Cl2N2O4. The van der Waals surface area contributed by atoms with Crippen molar-refractivity contribution in [2.45, 2.75) is 36.6 Å². The van der Waals surface area contributed by atoms with Crippen molar-refractivity contribution in [3.8, 4) is 18.1 Å². The van der Waals surface area contributed by atoms with Crippen molar-refractivity contribution in [2.75, 3.05) is 18.5 Å². The number of carbonyl (C=O) groups is 1. The Morgan fingerprint density at radius 2 is 1.82 bits per heavy atom. The number of carbonyl (C=O) groups excluding carboxylic acids is 1. The van der Waals surface area contributed by atoms with Crippen LogP contribution < -0.4 is 15.4 Å². The van der Waals surface area contributed by atoms with Crippen molar-refractivity contribution in [3.63, 3.8) is 0 Å². The number of ether oxygens (including phenoxy) is 2. The van der Waals surface area contributed by atoms with Crippen LogP contribution in [0.1, 0.15) is 41.1 Å². The quantitative estimate of drug-likeness (QED) is 0.369. The molecule has 3 N–H and O–H groups in total. The number of amides is 1. The number of nitrogens with one attached hydrogen (secondary N) is 2. The van der Waals surface area contributed by atoms with Gasteiger partial charge in [-0.2, -0.15) is 0 Å². The van der Waals surface area contributed by atoms with E-state index in [9.17, 15) is 9.90 Å². The predicted molar refractivity (Wildman–Crippen MR) is 152 cm³/mol. The molecule has 3 aromatic carbocycles. The fourth-order valence-corrected chi connectivity index (χ4v) is 6.32. The Bertz CT molecular complexity index is 1530. The summed E-state index contributed by atoms with van der Waals surface area (Å²) >= 11 is 12.8. The number of benzene rings is 3. The number of aliphatic hydroxyl groups excluding tert-OH is 1. The molecule has 1 spiro atoms. The second kappa shape index (κ2) is 10.3. The molecule has 3 aromatic rings. The fraction of sp³-hybridized carbons (Fsp3) is 0.258. The number of rotatable bonds is 4. The topological polar surface area (TPSA) is 79.8 Å². The molecule has 1 fully saturated rings. The highest BCUT2D eigenvalue weighted by atomic mass is 35.5. The summed E-state index contributed by atoms with van der Waals surface area (Å²) in [6.07, 6.45) is 7.65. The van der Waals surface area contributed by atoms with E-state index in [2.05, 4.69) is 16.6 Å². The zero-order valence-corrected chi connectivity index (χ0v) is 22.4. The number of anilines is 1. The van der Waals surface area contributed by atoms with Gasteiger partial charge in [-0.15, -0.1) is 6.42 Å². The van der Waals surface area contributed by atoms with E-state index >= 15 is 0 Å². The third-order valence-corrected chi connectivity index (χ3v) is 8.17. The minimum Gasteiger partial charge on any atom is -0.490 e. The maximum absolute atomic E-state index is 13.3. The lowest BCUT2D eigenvalue weighted by Gasteiger charge is -2.45. The Kier molecular flexibility index (Phi) is 6.78. The molecule has 0 aliphatic carbocycles. The molecule has 3 aliphatic heterocycles. The smallest absolute Gasteiger partial charge is 0.244 e. The molecule has 0 aromatic heterocycles. The molecule has 1 amide bonds. The summed E-state index contributed by atoms with van der Waals surface area (Å²) in [6, 6.07) is 17.5. The Morgan fingerprint density at radius 3 is 2.59 bits per heavy atom. The van der Waals surface area contributed by atoms with Gasteiger partial charge in [0.2, 0.25) is 5.91 Å². The van der Waals surface area contributed by atoms with E-state index in [-0.39, 0.29) is 12.0 Å².